The molecule has 1 heterocycles. The zero-order valence-electron chi connectivity index (χ0n) is 10.3. The molecule has 112 valence electrons. The van der Waals surface area contributed by atoms with Crippen LogP contribution in [0.4, 0.5) is 0 Å². The van der Waals surface area contributed by atoms with Crippen molar-refractivity contribution in [2.45, 2.75) is 10.9 Å². The quantitative estimate of drug-likeness (QED) is 0.852. The van der Waals surface area contributed by atoms with Gasteiger partial charge in [-0.25, -0.2) is 8.42 Å². The van der Waals surface area contributed by atoms with E-state index in [0.29, 0.717) is 4.88 Å². The number of carboxylic acids is 1. The lowest BCUT2D eigenvalue weighted by Crippen LogP contribution is -2.33. The Morgan fingerprint density at radius 1 is 1.24 bits per heavy atom. The van der Waals surface area contributed by atoms with Crippen LogP contribution in [0.5, 0.6) is 0 Å². The highest BCUT2D eigenvalue weighted by Crippen LogP contribution is 2.26. The van der Waals surface area contributed by atoms with Crippen molar-refractivity contribution in [3.63, 3.8) is 0 Å². The van der Waals surface area contributed by atoms with E-state index in [1.54, 1.807) is 17.5 Å². The van der Waals surface area contributed by atoms with Crippen LogP contribution in [0.3, 0.4) is 0 Å². The maximum atomic E-state index is 12.2. The molecular weight excluding hydrogens is 357 g/mol. The molecule has 0 fully saturated rings. The topological polar surface area (TPSA) is 83.5 Å². The van der Waals surface area contributed by atoms with E-state index in [4.69, 9.17) is 23.2 Å². The number of hydrogen-bond donors (Lipinski definition) is 2. The number of aliphatic carboxylic acids is 1. The zero-order valence-corrected chi connectivity index (χ0v) is 13.4. The molecule has 0 aliphatic rings. The Morgan fingerprint density at radius 3 is 2.48 bits per heavy atom. The number of sulfonamides is 1. The van der Waals surface area contributed by atoms with Gasteiger partial charge in [-0.2, -0.15) is 4.72 Å². The molecule has 0 saturated heterocycles. The van der Waals surface area contributed by atoms with Gasteiger partial charge >= 0.3 is 5.97 Å². The van der Waals surface area contributed by atoms with Crippen LogP contribution < -0.4 is 4.72 Å². The molecule has 0 amide bonds. The average molecular weight is 366 g/mol. The van der Waals surface area contributed by atoms with Gasteiger partial charge in [0.2, 0.25) is 10.0 Å². The summed E-state index contributed by atoms with van der Waals surface area (Å²) in [5.74, 6) is -1.29. The number of benzene rings is 1. The Kier molecular flexibility index (Phi) is 4.90. The summed E-state index contributed by atoms with van der Waals surface area (Å²) in [6.07, 6.45) is 0. The van der Waals surface area contributed by atoms with Gasteiger partial charge in [0, 0.05) is 4.88 Å². The lowest BCUT2D eigenvalue weighted by atomic mass is 10.3. The van der Waals surface area contributed by atoms with Crippen LogP contribution in [0.2, 0.25) is 10.0 Å². The summed E-state index contributed by atoms with van der Waals surface area (Å²) in [5, 5.41) is 11.1. The molecule has 0 bridgehead atoms. The van der Waals surface area contributed by atoms with E-state index in [-0.39, 0.29) is 14.9 Å². The Hall–Kier alpha value is -1.12. The van der Waals surface area contributed by atoms with Gasteiger partial charge in [0.25, 0.3) is 0 Å². The van der Waals surface area contributed by atoms with Gasteiger partial charge in [0.1, 0.15) is 0 Å². The van der Waals surface area contributed by atoms with E-state index in [9.17, 15) is 18.3 Å². The second kappa shape index (κ2) is 6.33. The van der Waals surface area contributed by atoms with Crippen molar-refractivity contribution in [3.8, 4) is 0 Å². The third kappa shape index (κ3) is 3.75. The maximum Gasteiger partial charge on any atom is 0.327 e. The fourth-order valence-corrected chi connectivity index (χ4v) is 3.95. The number of carbonyl (C=O) groups is 1. The first kappa shape index (κ1) is 16.3. The summed E-state index contributed by atoms with van der Waals surface area (Å²) >= 11 is 12.7. The maximum absolute atomic E-state index is 12.2. The molecule has 21 heavy (non-hydrogen) atoms. The van der Waals surface area contributed by atoms with E-state index < -0.39 is 22.0 Å². The van der Waals surface area contributed by atoms with Crippen LogP contribution in [0.1, 0.15) is 10.9 Å². The third-order valence-electron chi connectivity index (χ3n) is 2.55. The van der Waals surface area contributed by atoms with E-state index in [1.807, 2.05) is 0 Å². The van der Waals surface area contributed by atoms with Crippen molar-refractivity contribution in [2.75, 3.05) is 0 Å². The Labute approximate surface area is 135 Å². The third-order valence-corrected chi connectivity index (χ3v) is 5.65. The first-order chi connectivity index (χ1) is 9.81. The summed E-state index contributed by atoms with van der Waals surface area (Å²) in [5.41, 5.74) is 0. The van der Waals surface area contributed by atoms with Crippen molar-refractivity contribution in [3.05, 3.63) is 50.6 Å². The predicted molar refractivity (Wildman–Crippen MR) is 81.5 cm³/mol. The summed E-state index contributed by atoms with van der Waals surface area (Å²) in [7, 11) is -4.04. The minimum atomic E-state index is -4.04. The fraction of sp³-hybridized carbons (Fsp3) is 0.0833. The minimum absolute atomic E-state index is 0.0718. The molecule has 0 aliphatic heterocycles. The van der Waals surface area contributed by atoms with Crippen molar-refractivity contribution in [1.82, 2.24) is 4.72 Å². The molecule has 0 saturated carbocycles. The minimum Gasteiger partial charge on any atom is -0.480 e. The predicted octanol–water partition coefficient (Wildman–Crippen LogP) is 3.16. The molecule has 1 aromatic heterocycles. The summed E-state index contributed by atoms with van der Waals surface area (Å²) < 4.78 is 26.6. The highest BCUT2D eigenvalue weighted by molar-refractivity contribution is 7.89. The largest absolute Gasteiger partial charge is 0.480 e. The van der Waals surface area contributed by atoms with Crippen LogP contribution in [0.25, 0.3) is 0 Å². The molecule has 2 rings (SSSR count). The van der Waals surface area contributed by atoms with Crippen LogP contribution in [-0.4, -0.2) is 19.5 Å². The SMILES string of the molecule is O=C(O)C(NS(=O)(=O)c1ccc(Cl)c(Cl)c1)c1cccs1. The van der Waals surface area contributed by atoms with E-state index in [2.05, 4.69) is 4.72 Å². The van der Waals surface area contributed by atoms with Gasteiger partial charge in [-0.1, -0.05) is 29.3 Å². The van der Waals surface area contributed by atoms with Gasteiger partial charge in [0.05, 0.1) is 14.9 Å². The number of carboxylic acid groups (broad SMARTS) is 1. The van der Waals surface area contributed by atoms with Crippen molar-refractivity contribution in [2.24, 2.45) is 0 Å². The highest BCUT2D eigenvalue weighted by Gasteiger charge is 2.28. The number of hydrogen-bond acceptors (Lipinski definition) is 4. The summed E-state index contributed by atoms with van der Waals surface area (Å²) in [4.78, 5) is 11.5. The van der Waals surface area contributed by atoms with E-state index in [0.717, 1.165) is 11.3 Å². The van der Waals surface area contributed by atoms with Crippen LogP contribution in [-0.2, 0) is 14.8 Å². The van der Waals surface area contributed by atoms with Crippen LogP contribution in [0, 0.1) is 0 Å². The molecule has 9 heteroatoms. The highest BCUT2D eigenvalue weighted by atomic mass is 35.5. The molecule has 0 spiro atoms. The Balaban J connectivity index is 2.35. The van der Waals surface area contributed by atoms with Gasteiger partial charge in [0.15, 0.2) is 6.04 Å². The van der Waals surface area contributed by atoms with Crippen LogP contribution in [0.15, 0.2) is 40.6 Å². The second-order valence-electron chi connectivity index (χ2n) is 3.98. The number of halogens is 2. The van der Waals surface area contributed by atoms with E-state index >= 15 is 0 Å². The van der Waals surface area contributed by atoms with Gasteiger partial charge in [-0.3, -0.25) is 4.79 Å². The van der Waals surface area contributed by atoms with Crippen molar-refractivity contribution >= 4 is 50.5 Å². The molecule has 2 N–H and O–H groups in total. The number of nitrogens with one attached hydrogen (secondary N) is 1. The van der Waals surface area contributed by atoms with Crippen LogP contribution >= 0.6 is 34.5 Å². The van der Waals surface area contributed by atoms with Gasteiger partial charge in [-0.15, -0.1) is 11.3 Å². The first-order valence-corrected chi connectivity index (χ1v) is 8.67. The van der Waals surface area contributed by atoms with Crippen molar-refractivity contribution < 1.29 is 18.3 Å². The monoisotopic (exact) mass is 365 g/mol. The van der Waals surface area contributed by atoms with E-state index in [1.165, 1.54) is 18.2 Å². The first-order valence-electron chi connectivity index (χ1n) is 5.55. The van der Waals surface area contributed by atoms with Gasteiger partial charge < -0.3 is 5.11 Å². The zero-order chi connectivity index (χ0) is 15.6. The summed E-state index contributed by atoms with van der Waals surface area (Å²) in [6.45, 7) is 0. The average Bonchev–Trinajstić information content (AvgIpc) is 2.92. The fourth-order valence-electron chi connectivity index (χ4n) is 1.55. The summed E-state index contributed by atoms with van der Waals surface area (Å²) in [6, 6.07) is 5.58. The molecule has 5 nitrogen and oxygen atoms in total. The molecule has 0 aliphatic carbocycles. The molecular formula is C12H9Cl2NO4S2. The Morgan fingerprint density at radius 2 is 1.95 bits per heavy atom. The molecule has 2 aromatic rings. The normalized spacial score (nSPS) is 13.0. The number of thiophene rings is 1. The lowest BCUT2D eigenvalue weighted by molar-refractivity contribution is -0.139. The molecule has 0 radical (unpaired) electrons. The smallest absolute Gasteiger partial charge is 0.327 e. The number of rotatable bonds is 5. The second-order valence-corrected chi connectivity index (χ2v) is 7.49. The molecule has 1 atom stereocenters. The standard InChI is InChI=1S/C12H9Cl2NO4S2/c13-8-4-3-7(6-9(8)14)21(18,19)15-11(12(16)17)10-2-1-5-20-10/h1-6,11,15H,(H,16,17). The molecule has 1 aromatic carbocycles. The van der Waals surface area contributed by atoms with Gasteiger partial charge in [-0.05, 0) is 29.6 Å². The van der Waals surface area contributed by atoms with Crippen molar-refractivity contribution in [1.29, 1.82) is 0 Å². The lowest BCUT2D eigenvalue weighted by Gasteiger charge is -2.13. The molecule has 1 unspecified atom stereocenters. The Bertz CT molecular complexity index is 760.